The summed E-state index contributed by atoms with van der Waals surface area (Å²) in [7, 11) is -4.02. The van der Waals surface area contributed by atoms with Crippen molar-refractivity contribution in [2.75, 3.05) is 24.5 Å². The SMILES string of the molecule is Cc1cn2nc([C@@H]3CCCCN3C(=O)c3cc(S(N)(=O)=O)ccc3O)cc2nc1N1CC[C@H](C)C1. The Hall–Kier alpha value is -3.18. The first-order chi connectivity index (χ1) is 16.6. The van der Waals surface area contributed by atoms with E-state index in [-0.39, 0.29) is 22.3 Å². The number of aryl methyl sites for hydroxylation is 1. The fourth-order valence-corrected chi connectivity index (χ4v) is 5.67. The number of primary sulfonamides is 1. The van der Waals surface area contributed by atoms with Crippen molar-refractivity contribution >= 4 is 27.4 Å². The molecule has 2 fully saturated rings. The third-order valence-electron chi connectivity index (χ3n) is 6.98. The second kappa shape index (κ2) is 8.80. The Kier molecular flexibility index (Phi) is 5.92. The number of hydrogen-bond donors (Lipinski definition) is 2. The molecule has 5 rings (SSSR count). The molecule has 0 saturated carbocycles. The first kappa shape index (κ1) is 23.6. The Morgan fingerprint density at radius 2 is 1.97 bits per heavy atom. The van der Waals surface area contributed by atoms with Crippen molar-refractivity contribution in [3.05, 3.63) is 47.3 Å². The Bertz CT molecular complexity index is 1400. The Balaban J connectivity index is 1.49. The summed E-state index contributed by atoms with van der Waals surface area (Å²) in [4.78, 5) is 22.1. The zero-order chi connectivity index (χ0) is 24.9. The van der Waals surface area contributed by atoms with E-state index in [1.165, 1.54) is 12.1 Å². The number of anilines is 1. The van der Waals surface area contributed by atoms with E-state index in [1.54, 1.807) is 9.42 Å². The number of amides is 1. The van der Waals surface area contributed by atoms with Crippen LogP contribution in [0.1, 0.15) is 60.3 Å². The van der Waals surface area contributed by atoms with E-state index in [0.29, 0.717) is 18.9 Å². The van der Waals surface area contributed by atoms with Crippen molar-refractivity contribution in [3.8, 4) is 5.75 Å². The van der Waals surface area contributed by atoms with Gasteiger partial charge in [-0.2, -0.15) is 5.10 Å². The summed E-state index contributed by atoms with van der Waals surface area (Å²) in [5.41, 5.74) is 2.39. The van der Waals surface area contributed by atoms with Crippen LogP contribution >= 0.6 is 0 Å². The summed E-state index contributed by atoms with van der Waals surface area (Å²) in [6.07, 6.45) is 5.56. The van der Waals surface area contributed by atoms with Gasteiger partial charge in [-0.05, 0) is 56.7 Å². The number of sulfonamides is 1. The summed E-state index contributed by atoms with van der Waals surface area (Å²) in [6.45, 7) is 6.72. The van der Waals surface area contributed by atoms with Gasteiger partial charge in [0.05, 0.1) is 22.2 Å². The number of piperidine rings is 1. The molecule has 3 N–H and O–H groups in total. The van der Waals surface area contributed by atoms with Gasteiger partial charge in [0, 0.05) is 37.5 Å². The average molecular weight is 499 g/mol. The molecule has 4 heterocycles. The normalized spacial score (nSPS) is 21.1. The van der Waals surface area contributed by atoms with E-state index in [1.807, 2.05) is 19.2 Å². The third kappa shape index (κ3) is 4.45. The minimum atomic E-state index is -4.02. The maximum atomic E-state index is 13.5. The number of benzene rings is 1. The van der Waals surface area contributed by atoms with Crippen LogP contribution in [0.5, 0.6) is 5.75 Å². The van der Waals surface area contributed by atoms with Gasteiger partial charge in [-0.25, -0.2) is 23.1 Å². The molecule has 186 valence electrons. The van der Waals surface area contributed by atoms with Gasteiger partial charge in [-0.3, -0.25) is 4.79 Å². The van der Waals surface area contributed by atoms with Gasteiger partial charge in [0.25, 0.3) is 5.91 Å². The van der Waals surface area contributed by atoms with Gasteiger partial charge in [0.15, 0.2) is 5.65 Å². The molecule has 1 aromatic carbocycles. The van der Waals surface area contributed by atoms with E-state index in [0.717, 1.165) is 61.1 Å². The summed E-state index contributed by atoms with van der Waals surface area (Å²) >= 11 is 0. The Morgan fingerprint density at radius 1 is 1.17 bits per heavy atom. The monoisotopic (exact) mass is 498 g/mol. The van der Waals surface area contributed by atoms with Crippen molar-refractivity contribution in [1.29, 1.82) is 0 Å². The molecule has 1 amide bonds. The molecule has 0 radical (unpaired) electrons. The topological polar surface area (TPSA) is 134 Å². The van der Waals surface area contributed by atoms with Gasteiger partial charge < -0.3 is 14.9 Å². The van der Waals surface area contributed by atoms with E-state index >= 15 is 0 Å². The van der Waals surface area contributed by atoms with Crippen LogP contribution in [0.15, 0.2) is 35.4 Å². The molecule has 11 heteroatoms. The van der Waals surface area contributed by atoms with E-state index in [4.69, 9.17) is 15.2 Å². The lowest BCUT2D eigenvalue weighted by Crippen LogP contribution is -2.38. The largest absolute Gasteiger partial charge is 0.507 e. The Morgan fingerprint density at radius 3 is 2.69 bits per heavy atom. The van der Waals surface area contributed by atoms with Crippen LogP contribution in [0.3, 0.4) is 0 Å². The van der Waals surface area contributed by atoms with E-state index in [2.05, 4.69) is 11.8 Å². The van der Waals surface area contributed by atoms with Crippen LogP contribution in [-0.2, 0) is 10.0 Å². The number of aromatic nitrogens is 3. The molecule has 0 spiro atoms. The lowest BCUT2D eigenvalue weighted by molar-refractivity contribution is 0.0602. The minimum Gasteiger partial charge on any atom is -0.507 e. The van der Waals surface area contributed by atoms with Gasteiger partial charge in [-0.1, -0.05) is 6.92 Å². The fourth-order valence-electron chi connectivity index (χ4n) is 5.13. The van der Waals surface area contributed by atoms with Gasteiger partial charge >= 0.3 is 0 Å². The van der Waals surface area contributed by atoms with Crippen LogP contribution in [0.4, 0.5) is 5.82 Å². The number of phenolic OH excluding ortho intramolecular Hbond substituents is 1. The van der Waals surface area contributed by atoms with E-state index in [9.17, 15) is 18.3 Å². The van der Waals surface area contributed by atoms with Gasteiger partial charge in [-0.15, -0.1) is 0 Å². The quantitative estimate of drug-likeness (QED) is 0.565. The van der Waals surface area contributed by atoms with E-state index < -0.39 is 15.9 Å². The van der Waals surface area contributed by atoms with Crippen molar-refractivity contribution in [2.45, 2.75) is 50.5 Å². The highest BCUT2D eigenvalue weighted by Gasteiger charge is 2.32. The molecule has 2 atom stereocenters. The number of fused-ring (bicyclic) bond motifs is 1. The number of nitrogens with zero attached hydrogens (tertiary/aromatic N) is 5. The first-order valence-electron chi connectivity index (χ1n) is 11.9. The molecule has 2 saturated heterocycles. The zero-order valence-corrected chi connectivity index (χ0v) is 20.7. The second-order valence-electron chi connectivity index (χ2n) is 9.69. The van der Waals surface area contributed by atoms with Crippen LogP contribution < -0.4 is 10.0 Å². The summed E-state index contributed by atoms with van der Waals surface area (Å²) < 4.78 is 25.3. The van der Waals surface area contributed by atoms with Crippen molar-refractivity contribution in [2.24, 2.45) is 11.1 Å². The van der Waals surface area contributed by atoms with Gasteiger partial charge in [0.1, 0.15) is 11.6 Å². The van der Waals surface area contributed by atoms with Crippen LogP contribution in [0.2, 0.25) is 0 Å². The molecule has 35 heavy (non-hydrogen) atoms. The number of phenols is 1. The number of aromatic hydroxyl groups is 1. The lowest BCUT2D eigenvalue weighted by Gasteiger charge is -2.35. The summed E-state index contributed by atoms with van der Waals surface area (Å²) in [5.74, 6) is 0.864. The maximum absolute atomic E-state index is 13.5. The van der Waals surface area contributed by atoms with Gasteiger partial charge in [0.2, 0.25) is 10.0 Å². The van der Waals surface area contributed by atoms with Crippen molar-refractivity contribution in [1.82, 2.24) is 19.5 Å². The predicted octanol–water partition coefficient (Wildman–Crippen LogP) is 2.60. The highest BCUT2D eigenvalue weighted by molar-refractivity contribution is 7.89. The average Bonchev–Trinajstić information content (AvgIpc) is 3.43. The lowest BCUT2D eigenvalue weighted by atomic mass is 9.98. The molecular weight excluding hydrogens is 468 g/mol. The van der Waals surface area contributed by atoms with Crippen LogP contribution in [-0.4, -0.2) is 58.6 Å². The van der Waals surface area contributed by atoms with Crippen LogP contribution in [0, 0.1) is 12.8 Å². The standard InChI is InChI=1S/C24H30N6O4S/c1-15-8-10-28(13-15)23-16(2)14-30-22(26-23)12-19(27-30)20-5-3-4-9-29(20)24(32)18-11-17(35(25,33)34)6-7-21(18)31/h6-7,11-12,14-15,20,31H,3-5,8-10,13H2,1-2H3,(H2,25,33,34)/t15-,20-/m0/s1. The molecular formula is C24H30N6O4S. The third-order valence-corrected chi connectivity index (χ3v) is 7.89. The highest BCUT2D eigenvalue weighted by Crippen LogP contribution is 2.34. The molecule has 2 aliphatic heterocycles. The zero-order valence-electron chi connectivity index (χ0n) is 19.9. The molecule has 10 nitrogen and oxygen atoms in total. The van der Waals surface area contributed by atoms with Crippen molar-refractivity contribution < 1.29 is 18.3 Å². The van der Waals surface area contributed by atoms with Crippen LogP contribution in [0.25, 0.3) is 5.65 Å². The number of carbonyl (C=O) groups is 1. The predicted molar refractivity (Wildman–Crippen MR) is 131 cm³/mol. The maximum Gasteiger partial charge on any atom is 0.258 e. The minimum absolute atomic E-state index is 0.0911. The van der Waals surface area contributed by atoms with Crippen molar-refractivity contribution in [3.63, 3.8) is 0 Å². The number of nitrogens with two attached hydrogens (primary N) is 1. The molecule has 0 bridgehead atoms. The number of carbonyl (C=O) groups excluding carboxylic acids is 1. The molecule has 3 aromatic rings. The fraction of sp³-hybridized carbons (Fsp3) is 0.458. The Labute approximate surface area is 204 Å². The molecule has 0 aliphatic carbocycles. The summed E-state index contributed by atoms with van der Waals surface area (Å²) in [6, 6.07) is 5.11. The molecule has 0 unspecified atom stereocenters. The second-order valence-corrected chi connectivity index (χ2v) is 11.3. The number of rotatable bonds is 4. The number of likely N-dealkylation sites (tertiary alicyclic amines) is 1. The highest BCUT2D eigenvalue weighted by atomic mass is 32.2. The number of hydrogen-bond acceptors (Lipinski definition) is 7. The first-order valence-corrected chi connectivity index (χ1v) is 13.4. The smallest absolute Gasteiger partial charge is 0.258 e. The summed E-state index contributed by atoms with van der Waals surface area (Å²) in [5, 5.41) is 20.3. The molecule has 2 aliphatic rings. The molecule has 2 aromatic heterocycles.